The fraction of sp³-hybridized carbons (Fsp3) is 1.00. The second kappa shape index (κ2) is 5.43. The van der Waals surface area contributed by atoms with Gasteiger partial charge in [-0.3, -0.25) is 0 Å². The molecule has 4 aliphatic carbocycles. The summed E-state index contributed by atoms with van der Waals surface area (Å²) in [6.07, 6.45) is 6.15. The van der Waals surface area contributed by atoms with Crippen LogP contribution in [0.2, 0.25) is 0 Å². The first-order valence-electron chi connectivity index (χ1n) is 9.45. The minimum absolute atomic E-state index is 0.0479. The van der Waals surface area contributed by atoms with E-state index in [4.69, 9.17) is 0 Å². The highest BCUT2D eigenvalue weighted by Gasteiger charge is 2.63. The second-order valence-corrected chi connectivity index (χ2v) is 10.6. The van der Waals surface area contributed by atoms with E-state index >= 15 is 0 Å². The Labute approximate surface area is 148 Å². The Morgan fingerprint density at radius 2 is 1.57 bits per heavy atom. The fourth-order valence-electron chi connectivity index (χ4n) is 7.15. The summed E-state index contributed by atoms with van der Waals surface area (Å²) in [5.41, 5.74) is 0.216. The van der Waals surface area contributed by atoms with Crippen LogP contribution in [-0.4, -0.2) is 38.5 Å². The third-order valence-electron chi connectivity index (χ3n) is 8.59. The van der Waals surface area contributed by atoms with Crippen LogP contribution in [0.25, 0.3) is 0 Å². The molecule has 3 N–H and O–H groups in total. The lowest BCUT2D eigenvalue weighted by Gasteiger charge is -2.61. The van der Waals surface area contributed by atoms with Gasteiger partial charge >= 0.3 is 0 Å². The molecule has 0 aliphatic heterocycles. The molecule has 0 unspecified atom stereocenters. The first kappa shape index (κ1) is 16.8. The Bertz CT molecular complexity index is 485. The molecule has 0 bridgehead atoms. The number of fused-ring (bicyclic) bond motifs is 5. The predicted molar refractivity (Wildman–Crippen MR) is 93.2 cm³/mol. The van der Waals surface area contributed by atoms with E-state index < -0.39 is 0 Å². The fourth-order valence-corrected chi connectivity index (χ4v) is 8.15. The van der Waals surface area contributed by atoms with Gasteiger partial charge in [-0.15, -0.1) is 0 Å². The van der Waals surface area contributed by atoms with Gasteiger partial charge in [0.1, 0.15) is 0 Å². The van der Waals surface area contributed by atoms with Crippen molar-refractivity contribution in [3.05, 3.63) is 0 Å². The second-order valence-electron chi connectivity index (χ2n) is 9.47. The molecule has 10 atom stereocenters. The number of rotatable bonds is 0. The first-order valence-corrected chi connectivity index (χ1v) is 10.4. The van der Waals surface area contributed by atoms with Crippen LogP contribution in [0, 0.1) is 34.5 Å². The van der Waals surface area contributed by atoms with Crippen molar-refractivity contribution in [1.82, 2.24) is 0 Å². The lowest BCUT2D eigenvalue weighted by molar-refractivity contribution is -0.176. The lowest BCUT2D eigenvalue weighted by atomic mass is 9.44. The molecule has 0 aromatic rings. The van der Waals surface area contributed by atoms with Gasteiger partial charge in [-0.2, -0.15) is 0 Å². The van der Waals surface area contributed by atoms with E-state index in [-0.39, 0.29) is 34.0 Å². The van der Waals surface area contributed by atoms with Crippen molar-refractivity contribution in [3.63, 3.8) is 0 Å². The third-order valence-corrected chi connectivity index (χ3v) is 9.47. The maximum atomic E-state index is 11.0. The standard InChI is InChI=1S/C19H31BrO3/c1-18-5-3-11(21)7-10(18)8-15(22)16-12(18)4-6-19(2)13(16)9-14(20)17(19)23/h10-17,21-23H,3-9H2,1-2H3/t10-,11+,12+,13+,14-,15+,16-,17-,18+,19+/m1/s1. The Morgan fingerprint density at radius 1 is 0.870 bits per heavy atom. The van der Waals surface area contributed by atoms with Gasteiger partial charge in [0, 0.05) is 4.83 Å². The van der Waals surface area contributed by atoms with Gasteiger partial charge in [-0.1, -0.05) is 29.8 Å². The van der Waals surface area contributed by atoms with Crippen molar-refractivity contribution in [2.24, 2.45) is 34.5 Å². The summed E-state index contributed by atoms with van der Waals surface area (Å²) >= 11 is 3.69. The van der Waals surface area contributed by atoms with E-state index in [9.17, 15) is 15.3 Å². The highest BCUT2D eigenvalue weighted by Crippen LogP contribution is 2.66. The number of halogens is 1. The van der Waals surface area contributed by atoms with Crippen molar-refractivity contribution in [2.75, 3.05) is 0 Å². The summed E-state index contributed by atoms with van der Waals surface area (Å²) in [5, 5.41) is 31.8. The highest BCUT2D eigenvalue weighted by molar-refractivity contribution is 9.09. The van der Waals surface area contributed by atoms with E-state index in [1.807, 2.05) is 0 Å². The van der Waals surface area contributed by atoms with Crippen molar-refractivity contribution in [3.8, 4) is 0 Å². The first-order chi connectivity index (χ1) is 10.8. The van der Waals surface area contributed by atoms with Crippen LogP contribution in [0.4, 0.5) is 0 Å². The molecule has 4 heteroatoms. The number of hydrogen-bond acceptors (Lipinski definition) is 3. The summed E-state index contributed by atoms with van der Waals surface area (Å²) in [4.78, 5) is 0.169. The molecule has 0 heterocycles. The van der Waals surface area contributed by atoms with Gasteiger partial charge in [0.25, 0.3) is 0 Å². The molecular formula is C19H31BrO3. The van der Waals surface area contributed by atoms with Crippen LogP contribution in [0.1, 0.15) is 58.8 Å². The molecule has 4 aliphatic rings. The Morgan fingerprint density at radius 3 is 2.30 bits per heavy atom. The zero-order valence-corrected chi connectivity index (χ0v) is 15.9. The highest BCUT2D eigenvalue weighted by atomic mass is 79.9. The number of hydrogen-bond donors (Lipinski definition) is 3. The molecule has 0 radical (unpaired) electrons. The van der Waals surface area contributed by atoms with Gasteiger partial charge in [0.2, 0.25) is 0 Å². The van der Waals surface area contributed by atoms with Gasteiger partial charge < -0.3 is 15.3 Å². The Hall–Kier alpha value is 0.360. The number of aliphatic hydroxyl groups excluding tert-OH is 3. The molecule has 132 valence electrons. The van der Waals surface area contributed by atoms with Crippen LogP contribution in [0.5, 0.6) is 0 Å². The lowest BCUT2D eigenvalue weighted by Crippen LogP contribution is -2.58. The molecule has 23 heavy (non-hydrogen) atoms. The normalized spacial score (nSPS) is 62.3. The van der Waals surface area contributed by atoms with Crippen molar-refractivity contribution >= 4 is 15.9 Å². The predicted octanol–water partition coefficient (Wildman–Crippen LogP) is 3.10. The SMILES string of the molecule is C[C@]12CC[C@H](O)C[C@@H]1C[C@H](O)[C@@H]1[C@@H]2CC[C@]2(C)[C@H](O)[C@H](Br)C[C@@H]12. The van der Waals surface area contributed by atoms with E-state index in [0.717, 1.165) is 44.9 Å². The van der Waals surface area contributed by atoms with E-state index in [1.54, 1.807) is 0 Å². The third kappa shape index (κ3) is 2.24. The van der Waals surface area contributed by atoms with Crippen LogP contribution in [0.15, 0.2) is 0 Å². The summed E-state index contributed by atoms with van der Waals surface area (Å²) in [6.45, 7) is 4.67. The Kier molecular flexibility index (Phi) is 3.97. The average molecular weight is 387 g/mol. The maximum absolute atomic E-state index is 11.0. The molecule has 4 rings (SSSR count). The van der Waals surface area contributed by atoms with Crippen LogP contribution in [-0.2, 0) is 0 Å². The average Bonchev–Trinajstić information content (AvgIpc) is 2.73. The van der Waals surface area contributed by atoms with Gasteiger partial charge in [-0.25, -0.2) is 0 Å². The molecule has 0 aromatic heterocycles. The molecule has 0 aromatic carbocycles. The summed E-state index contributed by atoms with van der Waals surface area (Å²) in [7, 11) is 0. The van der Waals surface area contributed by atoms with Gasteiger partial charge in [0.15, 0.2) is 0 Å². The topological polar surface area (TPSA) is 60.7 Å². The Balaban J connectivity index is 1.68. The van der Waals surface area contributed by atoms with Crippen LogP contribution in [0.3, 0.4) is 0 Å². The molecule has 3 nitrogen and oxygen atoms in total. The van der Waals surface area contributed by atoms with E-state index in [1.165, 1.54) is 0 Å². The van der Waals surface area contributed by atoms with Crippen LogP contribution < -0.4 is 0 Å². The smallest absolute Gasteiger partial charge is 0.0721 e. The minimum atomic E-state index is -0.292. The molecule has 0 spiro atoms. The van der Waals surface area contributed by atoms with E-state index in [2.05, 4.69) is 29.8 Å². The van der Waals surface area contributed by atoms with Crippen LogP contribution >= 0.6 is 15.9 Å². The summed E-state index contributed by atoms with van der Waals surface area (Å²) in [5.74, 6) is 1.74. The monoisotopic (exact) mass is 386 g/mol. The quantitative estimate of drug-likeness (QED) is 0.560. The van der Waals surface area contributed by atoms with Gasteiger partial charge in [0.05, 0.1) is 18.3 Å². The zero-order chi connectivity index (χ0) is 16.6. The van der Waals surface area contributed by atoms with Crippen molar-refractivity contribution < 1.29 is 15.3 Å². The number of alkyl halides is 1. The van der Waals surface area contributed by atoms with Crippen molar-refractivity contribution in [2.45, 2.75) is 81.9 Å². The minimum Gasteiger partial charge on any atom is -0.393 e. The summed E-state index contributed by atoms with van der Waals surface area (Å²) < 4.78 is 0. The van der Waals surface area contributed by atoms with Crippen molar-refractivity contribution in [1.29, 1.82) is 0 Å². The zero-order valence-electron chi connectivity index (χ0n) is 14.3. The van der Waals surface area contributed by atoms with Gasteiger partial charge in [-0.05, 0) is 79.4 Å². The maximum Gasteiger partial charge on any atom is 0.0721 e. The molecule has 4 saturated carbocycles. The molecule has 4 fully saturated rings. The molecule has 0 amide bonds. The number of aliphatic hydroxyl groups is 3. The summed E-state index contributed by atoms with van der Waals surface area (Å²) in [6, 6.07) is 0. The van der Waals surface area contributed by atoms with E-state index in [0.29, 0.717) is 23.7 Å². The molecular weight excluding hydrogens is 356 g/mol. The molecule has 0 saturated heterocycles. The largest absolute Gasteiger partial charge is 0.393 e.